The molecule has 2 N–H and O–H groups in total. The summed E-state index contributed by atoms with van der Waals surface area (Å²) < 4.78 is 4.87. The SMILES string of the molecule is COC(=O)CC[C@@H](C)[C@H]1CC[C@@]2(C)[C@@H]3CC[C@@H]4C[C@H](O)CC[C@]4(C)[C@H]3C[C@H](O)[C@]12C. The van der Waals surface area contributed by atoms with Crippen LogP contribution in [0.5, 0.6) is 0 Å². The van der Waals surface area contributed by atoms with E-state index in [1.165, 1.54) is 26.4 Å². The van der Waals surface area contributed by atoms with Gasteiger partial charge in [0.25, 0.3) is 0 Å². The Hall–Kier alpha value is -0.610. The second-order valence-corrected chi connectivity index (χ2v) is 12.1. The molecule has 0 aromatic heterocycles. The molecule has 10 atom stereocenters. The quantitative estimate of drug-likeness (QED) is 0.631. The average Bonchev–Trinajstić information content (AvgIpc) is 3.00. The number of ether oxygens (including phenoxy) is 1. The zero-order valence-electron chi connectivity index (χ0n) is 19.8. The van der Waals surface area contributed by atoms with Crippen molar-refractivity contribution in [2.24, 2.45) is 45.8 Å². The van der Waals surface area contributed by atoms with Gasteiger partial charge in [-0.1, -0.05) is 27.7 Å². The van der Waals surface area contributed by atoms with E-state index in [0.29, 0.717) is 36.0 Å². The topological polar surface area (TPSA) is 66.8 Å². The highest BCUT2D eigenvalue weighted by atomic mass is 16.5. The van der Waals surface area contributed by atoms with Gasteiger partial charge in [0.15, 0.2) is 0 Å². The molecule has 4 aliphatic rings. The number of carbonyl (C=O) groups excluding carboxylic acids is 1. The Labute approximate surface area is 183 Å². The summed E-state index contributed by atoms with van der Waals surface area (Å²) >= 11 is 0. The normalized spacial score (nSPS) is 51.4. The summed E-state index contributed by atoms with van der Waals surface area (Å²) in [6.45, 7) is 9.62. The lowest BCUT2D eigenvalue weighted by Crippen LogP contribution is -2.62. The Balaban J connectivity index is 1.59. The Bertz CT molecular complexity index is 663. The molecule has 4 nitrogen and oxygen atoms in total. The van der Waals surface area contributed by atoms with E-state index >= 15 is 0 Å². The highest BCUT2D eigenvalue weighted by Crippen LogP contribution is 2.73. The molecule has 4 saturated carbocycles. The predicted octanol–water partition coefficient (Wildman–Crippen LogP) is 4.96. The smallest absolute Gasteiger partial charge is 0.305 e. The summed E-state index contributed by atoms with van der Waals surface area (Å²) in [5.74, 6) is 2.60. The van der Waals surface area contributed by atoms with E-state index < -0.39 is 0 Å². The van der Waals surface area contributed by atoms with Gasteiger partial charge in [0, 0.05) is 11.8 Å². The minimum Gasteiger partial charge on any atom is -0.469 e. The summed E-state index contributed by atoms with van der Waals surface area (Å²) in [7, 11) is 1.47. The molecule has 0 aliphatic heterocycles. The molecule has 0 bridgehead atoms. The molecule has 0 aromatic rings. The van der Waals surface area contributed by atoms with Crippen LogP contribution in [0.3, 0.4) is 0 Å². The van der Waals surface area contributed by atoms with Gasteiger partial charge in [0.2, 0.25) is 0 Å². The molecule has 30 heavy (non-hydrogen) atoms. The third kappa shape index (κ3) is 3.10. The van der Waals surface area contributed by atoms with Gasteiger partial charge in [0.05, 0.1) is 19.3 Å². The Morgan fingerprint density at radius 1 is 1.03 bits per heavy atom. The van der Waals surface area contributed by atoms with Gasteiger partial charge in [-0.3, -0.25) is 4.79 Å². The number of aliphatic hydroxyl groups excluding tert-OH is 2. The van der Waals surface area contributed by atoms with Crippen LogP contribution >= 0.6 is 0 Å². The van der Waals surface area contributed by atoms with Gasteiger partial charge in [0.1, 0.15) is 0 Å². The minimum absolute atomic E-state index is 0.0823. The lowest BCUT2D eigenvalue weighted by molar-refractivity contribution is -0.211. The fourth-order valence-corrected chi connectivity index (χ4v) is 9.24. The van der Waals surface area contributed by atoms with E-state index in [9.17, 15) is 15.0 Å². The van der Waals surface area contributed by atoms with Crippen LogP contribution in [-0.4, -0.2) is 35.5 Å². The maximum Gasteiger partial charge on any atom is 0.305 e. The molecule has 0 heterocycles. The number of fused-ring (bicyclic) bond motifs is 5. The van der Waals surface area contributed by atoms with E-state index in [0.717, 1.165) is 38.5 Å². The standard InChI is InChI=1S/C26H44O4/c1-16(6-9-23(29)30-5)19-11-13-25(3)20-8-7-17-14-18(27)10-12-24(17,2)21(20)15-22(28)26(19,25)4/h16-22,27-28H,6-15H2,1-5H3/t16-,17-,18-,19-,20-,21+,22+,24+,25+,26+/m1/s1. The van der Waals surface area contributed by atoms with E-state index in [1.807, 2.05) is 0 Å². The molecule has 0 aromatic carbocycles. The summed E-state index contributed by atoms with van der Waals surface area (Å²) in [4.78, 5) is 11.7. The molecule has 4 heteroatoms. The van der Waals surface area contributed by atoms with Crippen molar-refractivity contribution < 1.29 is 19.7 Å². The van der Waals surface area contributed by atoms with Crippen LogP contribution in [0.1, 0.15) is 91.9 Å². The summed E-state index contributed by atoms with van der Waals surface area (Å²) in [5.41, 5.74) is 0.340. The number of methoxy groups -OCH3 is 1. The van der Waals surface area contributed by atoms with Crippen molar-refractivity contribution in [1.82, 2.24) is 0 Å². The van der Waals surface area contributed by atoms with Crippen LogP contribution in [0.15, 0.2) is 0 Å². The lowest BCUT2D eigenvalue weighted by Gasteiger charge is -2.66. The van der Waals surface area contributed by atoms with Gasteiger partial charge in [-0.25, -0.2) is 0 Å². The maximum atomic E-state index is 11.7. The van der Waals surface area contributed by atoms with Crippen molar-refractivity contribution in [2.45, 2.75) is 104 Å². The highest BCUT2D eigenvalue weighted by Gasteiger charge is 2.68. The first-order chi connectivity index (χ1) is 14.1. The van der Waals surface area contributed by atoms with Gasteiger partial charge in [-0.15, -0.1) is 0 Å². The fraction of sp³-hybridized carbons (Fsp3) is 0.962. The molecule has 0 amide bonds. The van der Waals surface area contributed by atoms with Crippen LogP contribution in [0, 0.1) is 45.8 Å². The Kier molecular flexibility index (Phi) is 5.84. The first kappa shape index (κ1) is 22.6. The van der Waals surface area contributed by atoms with E-state index in [-0.39, 0.29) is 34.4 Å². The number of hydrogen-bond donors (Lipinski definition) is 2. The van der Waals surface area contributed by atoms with Crippen molar-refractivity contribution in [3.8, 4) is 0 Å². The van der Waals surface area contributed by atoms with Crippen molar-refractivity contribution >= 4 is 5.97 Å². The second kappa shape index (κ2) is 7.76. The molecule has 4 rings (SSSR count). The van der Waals surface area contributed by atoms with Crippen molar-refractivity contribution in [2.75, 3.05) is 7.11 Å². The van der Waals surface area contributed by atoms with Crippen LogP contribution in [-0.2, 0) is 9.53 Å². The van der Waals surface area contributed by atoms with Gasteiger partial charge in [-0.05, 0) is 98.2 Å². The minimum atomic E-state index is -0.278. The zero-order chi connectivity index (χ0) is 21.9. The van der Waals surface area contributed by atoms with Crippen molar-refractivity contribution in [3.63, 3.8) is 0 Å². The molecule has 0 radical (unpaired) electrons. The molecule has 0 saturated heterocycles. The molecule has 4 fully saturated rings. The zero-order valence-corrected chi connectivity index (χ0v) is 19.8. The highest BCUT2D eigenvalue weighted by molar-refractivity contribution is 5.69. The van der Waals surface area contributed by atoms with Gasteiger partial charge in [-0.2, -0.15) is 0 Å². The number of carbonyl (C=O) groups is 1. The summed E-state index contributed by atoms with van der Waals surface area (Å²) in [6, 6.07) is 0. The van der Waals surface area contributed by atoms with Crippen LogP contribution in [0.4, 0.5) is 0 Å². The summed E-state index contributed by atoms with van der Waals surface area (Å²) in [5, 5.41) is 22.0. The van der Waals surface area contributed by atoms with Crippen molar-refractivity contribution in [1.29, 1.82) is 0 Å². The predicted molar refractivity (Wildman–Crippen MR) is 118 cm³/mol. The van der Waals surface area contributed by atoms with Crippen LogP contribution in [0.25, 0.3) is 0 Å². The Morgan fingerprint density at radius 3 is 2.47 bits per heavy atom. The molecule has 0 spiro atoms. The lowest BCUT2D eigenvalue weighted by atomic mass is 9.39. The first-order valence-corrected chi connectivity index (χ1v) is 12.5. The number of aliphatic hydroxyl groups is 2. The largest absolute Gasteiger partial charge is 0.469 e. The van der Waals surface area contributed by atoms with E-state index in [1.54, 1.807) is 0 Å². The number of rotatable bonds is 4. The molecule has 0 unspecified atom stereocenters. The van der Waals surface area contributed by atoms with E-state index in [2.05, 4.69) is 27.7 Å². The van der Waals surface area contributed by atoms with Gasteiger partial charge < -0.3 is 14.9 Å². The van der Waals surface area contributed by atoms with Crippen LogP contribution in [0.2, 0.25) is 0 Å². The van der Waals surface area contributed by atoms with Gasteiger partial charge >= 0.3 is 5.97 Å². The average molecular weight is 421 g/mol. The third-order valence-corrected chi connectivity index (χ3v) is 11.3. The molecular formula is C26H44O4. The van der Waals surface area contributed by atoms with E-state index in [4.69, 9.17) is 4.74 Å². The monoisotopic (exact) mass is 420 g/mol. The third-order valence-electron chi connectivity index (χ3n) is 11.3. The maximum absolute atomic E-state index is 11.7. The molecule has 4 aliphatic carbocycles. The van der Waals surface area contributed by atoms with Crippen molar-refractivity contribution in [3.05, 3.63) is 0 Å². The second-order valence-electron chi connectivity index (χ2n) is 12.1. The molecular weight excluding hydrogens is 376 g/mol. The summed E-state index contributed by atoms with van der Waals surface area (Å²) in [6.07, 6.45) is 9.67. The fourth-order valence-electron chi connectivity index (χ4n) is 9.24. The first-order valence-electron chi connectivity index (χ1n) is 12.5. The van der Waals surface area contributed by atoms with Crippen LogP contribution < -0.4 is 0 Å². The molecule has 172 valence electrons. The number of hydrogen-bond acceptors (Lipinski definition) is 4. The number of esters is 1. The Morgan fingerprint density at radius 2 is 1.77 bits per heavy atom.